The van der Waals surface area contributed by atoms with E-state index in [0.717, 1.165) is 0 Å². The van der Waals surface area contributed by atoms with Gasteiger partial charge in [0.15, 0.2) is 11.5 Å². The van der Waals surface area contributed by atoms with Crippen LogP contribution in [-0.2, 0) is 0 Å². The molecule has 1 aromatic carbocycles. The Morgan fingerprint density at radius 1 is 1.42 bits per heavy atom. The zero-order chi connectivity index (χ0) is 17.1. The van der Waals surface area contributed by atoms with E-state index in [0.29, 0.717) is 28.2 Å². The van der Waals surface area contributed by atoms with Gasteiger partial charge in [-0.1, -0.05) is 0 Å². The number of rotatable bonds is 6. The molecule has 0 aliphatic rings. The Kier molecular flexibility index (Phi) is 4.38. The predicted octanol–water partition coefficient (Wildman–Crippen LogP) is 2.71. The lowest BCUT2D eigenvalue weighted by molar-refractivity contribution is -0.385. The fourth-order valence-corrected chi connectivity index (χ4v) is 2.79. The number of aromatic nitrogens is 3. The van der Waals surface area contributed by atoms with Crippen LogP contribution in [0.5, 0.6) is 5.75 Å². The fourth-order valence-electron chi connectivity index (χ4n) is 2.01. The smallest absolute Gasteiger partial charge is 0.310 e. The van der Waals surface area contributed by atoms with Crippen molar-refractivity contribution in [1.82, 2.24) is 14.9 Å². The summed E-state index contributed by atoms with van der Waals surface area (Å²) in [5.41, 5.74) is -0.0910. The highest BCUT2D eigenvalue weighted by molar-refractivity contribution is 7.99. The summed E-state index contributed by atoms with van der Waals surface area (Å²) in [7, 11) is 0. The van der Waals surface area contributed by atoms with Crippen LogP contribution in [0.25, 0.3) is 11.6 Å². The van der Waals surface area contributed by atoms with Crippen molar-refractivity contribution in [3.05, 3.63) is 46.7 Å². The Morgan fingerprint density at radius 2 is 2.25 bits per heavy atom. The lowest BCUT2D eigenvalue weighted by atomic mass is 10.3. The van der Waals surface area contributed by atoms with Crippen molar-refractivity contribution >= 4 is 17.4 Å². The zero-order valence-electron chi connectivity index (χ0n) is 12.6. The van der Waals surface area contributed by atoms with Crippen molar-refractivity contribution in [2.75, 3.05) is 12.4 Å². The molecule has 0 bridgehead atoms. The number of nitrogen functional groups attached to an aromatic ring is 1. The highest BCUT2D eigenvalue weighted by Gasteiger charge is 2.18. The number of hydrogen-bond donors (Lipinski definition) is 1. The molecule has 0 aliphatic heterocycles. The van der Waals surface area contributed by atoms with Gasteiger partial charge in [0.2, 0.25) is 11.0 Å². The summed E-state index contributed by atoms with van der Waals surface area (Å²) in [6.07, 6.45) is 1.52. The van der Waals surface area contributed by atoms with Gasteiger partial charge in [-0.05, 0) is 36.9 Å². The summed E-state index contributed by atoms with van der Waals surface area (Å²) in [5.74, 6) is 7.06. The van der Waals surface area contributed by atoms with Gasteiger partial charge in [0.05, 0.1) is 17.8 Å². The molecule has 3 rings (SSSR count). The molecule has 2 N–H and O–H groups in total. The predicted molar refractivity (Wildman–Crippen MR) is 86.3 cm³/mol. The third-order valence-electron chi connectivity index (χ3n) is 3.04. The van der Waals surface area contributed by atoms with Crippen molar-refractivity contribution in [2.24, 2.45) is 0 Å². The average Bonchev–Trinajstić information content (AvgIpc) is 3.18. The second kappa shape index (κ2) is 6.62. The number of ether oxygens (including phenoxy) is 1. The van der Waals surface area contributed by atoms with Crippen molar-refractivity contribution in [2.45, 2.75) is 17.0 Å². The van der Waals surface area contributed by atoms with E-state index in [1.807, 2.05) is 0 Å². The van der Waals surface area contributed by atoms with Crippen molar-refractivity contribution in [3.63, 3.8) is 0 Å². The monoisotopic (exact) mass is 347 g/mol. The first-order chi connectivity index (χ1) is 11.6. The van der Waals surface area contributed by atoms with Crippen LogP contribution in [0.15, 0.2) is 51.1 Å². The van der Waals surface area contributed by atoms with Crippen LogP contribution < -0.4 is 10.6 Å². The molecule has 0 radical (unpaired) electrons. The molecule has 2 aromatic heterocycles. The number of benzene rings is 1. The minimum absolute atomic E-state index is 0.0910. The van der Waals surface area contributed by atoms with Crippen LogP contribution >= 0.6 is 11.8 Å². The Balaban J connectivity index is 1.89. The molecule has 0 amide bonds. The first-order valence-electron chi connectivity index (χ1n) is 6.93. The number of nitro groups is 1. The van der Waals surface area contributed by atoms with E-state index in [1.54, 1.807) is 31.2 Å². The Labute approximate surface area is 140 Å². The van der Waals surface area contributed by atoms with Gasteiger partial charge in [-0.15, -0.1) is 10.2 Å². The molecule has 0 unspecified atom stereocenters. The van der Waals surface area contributed by atoms with Gasteiger partial charge in [0.25, 0.3) is 0 Å². The number of furan rings is 1. The minimum Gasteiger partial charge on any atom is -0.487 e. The Morgan fingerprint density at radius 3 is 2.92 bits per heavy atom. The maximum atomic E-state index is 11.0. The van der Waals surface area contributed by atoms with Crippen LogP contribution in [0.1, 0.15) is 6.92 Å². The lowest BCUT2D eigenvalue weighted by Gasteiger charge is -2.06. The van der Waals surface area contributed by atoms with Gasteiger partial charge in [0, 0.05) is 17.0 Å². The van der Waals surface area contributed by atoms with Crippen LogP contribution in [0.2, 0.25) is 0 Å². The molecule has 0 saturated carbocycles. The van der Waals surface area contributed by atoms with Crippen LogP contribution in [0.4, 0.5) is 5.69 Å². The van der Waals surface area contributed by atoms with Crippen LogP contribution in [0.3, 0.4) is 0 Å². The largest absolute Gasteiger partial charge is 0.487 e. The van der Waals surface area contributed by atoms with E-state index in [-0.39, 0.29) is 11.4 Å². The van der Waals surface area contributed by atoms with Gasteiger partial charge in [0.1, 0.15) is 0 Å². The van der Waals surface area contributed by atoms with Crippen LogP contribution in [0, 0.1) is 10.1 Å². The van der Waals surface area contributed by atoms with Gasteiger partial charge >= 0.3 is 5.69 Å². The molecule has 124 valence electrons. The van der Waals surface area contributed by atoms with Crippen molar-refractivity contribution < 1.29 is 14.1 Å². The summed E-state index contributed by atoms with van der Waals surface area (Å²) < 4.78 is 11.9. The SMILES string of the molecule is CCOc1cc(Sc2nnc(-c3ccco3)n2N)ccc1[N+](=O)[O-]. The molecule has 9 nitrogen and oxygen atoms in total. The van der Waals surface area contributed by atoms with Crippen molar-refractivity contribution in [3.8, 4) is 17.3 Å². The lowest BCUT2D eigenvalue weighted by Crippen LogP contribution is -2.11. The maximum Gasteiger partial charge on any atom is 0.310 e. The van der Waals surface area contributed by atoms with E-state index >= 15 is 0 Å². The summed E-state index contributed by atoms with van der Waals surface area (Å²) in [5, 5.41) is 19.4. The Bertz CT molecular complexity index is 862. The van der Waals surface area contributed by atoms with Gasteiger partial charge in [-0.2, -0.15) is 0 Å². The topological polar surface area (TPSA) is 122 Å². The second-order valence-corrected chi connectivity index (χ2v) is 5.62. The molecule has 0 fully saturated rings. The molecule has 0 spiro atoms. The molecule has 10 heteroatoms. The highest BCUT2D eigenvalue weighted by Crippen LogP contribution is 2.35. The number of nitro benzene ring substituents is 1. The summed E-state index contributed by atoms with van der Waals surface area (Å²) >= 11 is 1.21. The molecule has 24 heavy (non-hydrogen) atoms. The van der Waals surface area contributed by atoms with Gasteiger partial charge in [-0.25, -0.2) is 4.68 Å². The molecular formula is C14H13N5O4S. The fraction of sp³-hybridized carbons (Fsp3) is 0.143. The molecule has 3 aromatic rings. The first-order valence-corrected chi connectivity index (χ1v) is 7.75. The van der Waals surface area contributed by atoms with E-state index in [1.165, 1.54) is 28.8 Å². The molecule has 2 heterocycles. The third-order valence-corrected chi connectivity index (χ3v) is 3.99. The molecule has 0 aliphatic carbocycles. The average molecular weight is 347 g/mol. The van der Waals surface area contributed by atoms with E-state index in [9.17, 15) is 10.1 Å². The summed E-state index contributed by atoms with van der Waals surface area (Å²) in [6, 6.07) is 8.01. The first kappa shape index (κ1) is 15.9. The summed E-state index contributed by atoms with van der Waals surface area (Å²) in [4.78, 5) is 11.2. The standard InChI is InChI=1S/C14H13N5O4S/c1-2-22-12-8-9(5-6-10(12)19(20)21)24-14-17-16-13(18(14)15)11-4-3-7-23-11/h3-8H,2,15H2,1H3. The van der Waals surface area contributed by atoms with E-state index < -0.39 is 4.92 Å². The van der Waals surface area contributed by atoms with E-state index in [2.05, 4.69) is 10.2 Å². The van der Waals surface area contributed by atoms with Gasteiger partial charge in [-0.3, -0.25) is 10.1 Å². The van der Waals surface area contributed by atoms with Gasteiger partial charge < -0.3 is 15.0 Å². The normalized spacial score (nSPS) is 10.7. The maximum absolute atomic E-state index is 11.0. The van der Waals surface area contributed by atoms with Crippen LogP contribution in [-0.4, -0.2) is 26.4 Å². The minimum atomic E-state index is -0.486. The number of nitrogens with two attached hydrogens (primary N) is 1. The second-order valence-electron chi connectivity index (χ2n) is 4.58. The van der Waals surface area contributed by atoms with Crippen molar-refractivity contribution in [1.29, 1.82) is 0 Å². The summed E-state index contributed by atoms with van der Waals surface area (Å²) in [6.45, 7) is 2.08. The molecule has 0 atom stereocenters. The quantitative estimate of drug-likeness (QED) is 0.410. The zero-order valence-corrected chi connectivity index (χ0v) is 13.4. The Hall–Kier alpha value is -3.01. The van der Waals surface area contributed by atoms with E-state index in [4.69, 9.17) is 15.0 Å². The highest BCUT2D eigenvalue weighted by atomic mass is 32.2. The number of nitrogens with zero attached hydrogens (tertiary/aromatic N) is 4. The molecular weight excluding hydrogens is 334 g/mol. The molecule has 0 saturated heterocycles. The third kappa shape index (κ3) is 3.04. The number of hydrogen-bond acceptors (Lipinski definition) is 8.